The minimum absolute atomic E-state index is 0.0641. The smallest absolute Gasteiger partial charge is 0.269 e. The maximum absolute atomic E-state index is 12.0. The lowest BCUT2D eigenvalue weighted by Gasteiger charge is -2.07. The van der Waals surface area contributed by atoms with E-state index in [0.717, 1.165) is 0 Å². The summed E-state index contributed by atoms with van der Waals surface area (Å²) < 4.78 is 47.5. The second-order valence-electron chi connectivity index (χ2n) is 7.32. The Kier molecular flexibility index (Phi) is 10.9. The van der Waals surface area contributed by atoms with Gasteiger partial charge in [-0.3, -0.25) is 25.0 Å². The summed E-state index contributed by atoms with van der Waals surface area (Å²) >= 11 is 0. The highest BCUT2D eigenvalue weighted by atomic mass is 35.7. The predicted octanol–water partition coefficient (Wildman–Crippen LogP) is 5.19. The maximum Gasteiger partial charge on any atom is 0.269 e. The molecule has 39 heavy (non-hydrogen) atoms. The Bertz CT molecular complexity index is 1600. The highest BCUT2D eigenvalue weighted by Gasteiger charge is 2.14. The lowest BCUT2D eigenvalue weighted by molar-refractivity contribution is -0.385. The third-order valence-corrected chi connectivity index (χ3v) is 7.28. The molecule has 15 heteroatoms. The summed E-state index contributed by atoms with van der Waals surface area (Å²) in [5, 5.41) is 20.6. The first-order valence-electron chi connectivity index (χ1n) is 10.6. The minimum Gasteiger partial charge on any atom is -0.399 e. The average Bonchev–Trinajstić information content (AvgIpc) is 2.90. The molecule has 0 aliphatic rings. The molecule has 0 saturated heterocycles. The van der Waals surface area contributed by atoms with Crippen LogP contribution in [0.25, 0.3) is 0 Å². The predicted molar refractivity (Wildman–Crippen MR) is 147 cm³/mol. The molecule has 0 saturated carbocycles. The molecule has 4 aromatic rings. The van der Waals surface area contributed by atoms with Gasteiger partial charge in [0.25, 0.3) is 30.4 Å². The van der Waals surface area contributed by atoms with Gasteiger partial charge in [-0.15, -0.1) is 0 Å². The monoisotopic (exact) mass is 592 g/mol. The number of nitrogens with two attached hydrogens (primary N) is 1. The Hall–Kier alpha value is -4.53. The van der Waals surface area contributed by atoms with Gasteiger partial charge in [0.1, 0.15) is 0 Å². The van der Waals surface area contributed by atoms with Crippen LogP contribution in [0.5, 0.6) is 0 Å². The third kappa shape index (κ3) is 10.4. The minimum atomic E-state index is -3.67. The summed E-state index contributed by atoms with van der Waals surface area (Å²) in [4.78, 5) is 19.8. The van der Waals surface area contributed by atoms with E-state index in [0.29, 0.717) is 5.69 Å². The zero-order valence-electron chi connectivity index (χ0n) is 19.8. The number of hydrogen-bond acceptors (Lipinski definition) is 9. The molecule has 0 aromatic heterocycles. The Morgan fingerprint density at radius 1 is 0.615 bits per heavy atom. The van der Waals surface area contributed by atoms with Crippen LogP contribution in [-0.4, -0.2) is 26.7 Å². The number of anilines is 2. The first-order chi connectivity index (χ1) is 18.3. The molecule has 0 atom stereocenters. The van der Waals surface area contributed by atoms with Gasteiger partial charge in [0.2, 0.25) is 0 Å². The molecule has 0 unspecified atom stereocenters. The highest BCUT2D eigenvalue weighted by molar-refractivity contribution is 8.13. The maximum atomic E-state index is 12.0. The van der Waals surface area contributed by atoms with Crippen molar-refractivity contribution in [2.75, 3.05) is 10.5 Å². The van der Waals surface area contributed by atoms with E-state index in [1.807, 2.05) is 0 Å². The normalized spacial score (nSPS) is 10.6. The molecule has 4 aromatic carbocycles. The first kappa shape index (κ1) is 30.7. The van der Waals surface area contributed by atoms with Crippen molar-refractivity contribution in [3.05, 3.63) is 129 Å². The molecule has 0 aliphatic heterocycles. The number of benzene rings is 4. The van der Waals surface area contributed by atoms with Gasteiger partial charge in [-0.05, 0) is 48.5 Å². The molecule has 0 radical (unpaired) electrons. The Labute approximate surface area is 228 Å². The van der Waals surface area contributed by atoms with Crippen LogP contribution in [0.15, 0.2) is 119 Å². The Morgan fingerprint density at radius 3 is 1.36 bits per heavy atom. The number of non-ortho nitro benzene ring substituents is 2. The van der Waals surface area contributed by atoms with E-state index in [1.165, 1.54) is 72.8 Å². The van der Waals surface area contributed by atoms with Gasteiger partial charge >= 0.3 is 0 Å². The summed E-state index contributed by atoms with van der Waals surface area (Å²) in [5.41, 5.74) is 6.08. The molecule has 204 valence electrons. The molecule has 0 spiro atoms. The van der Waals surface area contributed by atoms with Crippen LogP contribution in [0.3, 0.4) is 0 Å². The first-order valence-corrected chi connectivity index (χ1v) is 14.4. The van der Waals surface area contributed by atoms with Crippen LogP contribution in [0.2, 0.25) is 0 Å². The quantitative estimate of drug-likeness (QED) is 0.131. The summed E-state index contributed by atoms with van der Waals surface area (Å²) in [5.74, 6) is 0. The van der Waals surface area contributed by atoms with Crippen molar-refractivity contribution in [2.45, 2.75) is 9.79 Å². The number of nitro groups is 2. The fraction of sp³-hybridized carbons (Fsp3) is 0. The number of nitrogens with one attached hydrogen (secondary N) is 1. The lowest BCUT2D eigenvalue weighted by Crippen LogP contribution is -2.12. The Morgan fingerprint density at radius 2 is 1.00 bits per heavy atom. The van der Waals surface area contributed by atoms with Crippen molar-refractivity contribution in [3.8, 4) is 0 Å². The number of nitrogen functional groups attached to an aromatic ring is 1. The molecule has 3 N–H and O–H groups in total. The SMILES string of the molecule is Nc1ccc([N+](=O)[O-])cc1.O=S(=O)(Cl)c1ccccc1.O=[N+]([O-])c1ccc(NS(=O)(=O)c2ccccc2)cc1. The average molecular weight is 593 g/mol. The molecule has 12 nitrogen and oxygen atoms in total. The zero-order chi connectivity index (χ0) is 29.1. The van der Waals surface area contributed by atoms with Gasteiger partial charge in [0.05, 0.1) is 19.6 Å². The van der Waals surface area contributed by atoms with E-state index >= 15 is 0 Å². The van der Waals surface area contributed by atoms with Crippen molar-refractivity contribution >= 4 is 52.5 Å². The van der Waals surface area contributed by atoms with Crippen molar-refractivity contribution in [3.63, 3.8) is 0 Å². The van der Waals surface area contributed by atoms with Gasteiger partial charge in [-0.25, -0.2) is 16.8 Å². The lowest BCUT2D eigenvalue weighted by atomic mass is 10.3. The van der Waals surface area contributed by atoms with Crippen LogP contribution < -0.4 is 10.5 Å². The van der Waals surface area contributed by atoms with Crippen LogP contribution >= 0.6 is 10.7 Å². The number of hydrogen-bond donors (Lipinski definition) is 2. The van der Waals surface area contributed by atoms with Crippen molar-refractivity contribution in [2.24, 2.45) is 0 Å². The molecule has 0 amide bonds. The Balaban J connectivity index is 0.000000225. The topological polar surface area (TPSA) is 193 Å². The number of sulfonamides is 1. The molecule has 4 rings (SSSR count). The number of nitrogens with zero attached hydrogens (tertiary/aromatic N) is 2. The second kappa shape index (κ2) is 13.9. The molecule has 0 fully saturated rings. The van der Waals surface area contributed by atoms with Gasteiger partial charge in [0.15, 0.2) is 0 Å². The summed E-state index contributed by atoms with van der Waals surface area (Å²) in [7, 11) is -2.17. The highest BCUT2D eigenvalue weighted by Crippen LogP contribution is 2.19. The summed E-state index contributed by atoms with van der Waals surface area (Å²) in [6.07, 6.45) is 0. The van der Waals surface area contributed by atoms with Gasteiger partial charge in [-0.2, -0.15) is 0 Å². The van der Waals surface area contributed by atoms with Crippen LogP contribution in [-0.2, 0) is 19.1 Å². The van der Waals surface area contributed by atoms with E-state index in [2.05, 4.69) is 4.72 Å². The molecule has 0 heterocycles. The fourth-order valence-electron chi connectivity index (χ4n) is 2.64. The second-order valence-corrected chi connectivity index (χ2v) is 11.6. The van der Waals surface area contributed by atoms with Crippen LogP contribution in [0.1, 0.15) is 0 Å². The van der Waals surface area contributed by atoms with E-state index in [-0.39, 0.29) is 26.9 Å². The fourth-order valence-corrected chi connectivity index (χ4v) is 4.51. The van der Waals surface area contributed by atoms with Gasteiger partial charge in [0, 0.05) is 46.3 Å². The molecule has 0 bridgehead atoms. The van der Waals surface area contributed by atoms with Gasteiger partial charge < -0.3 is 5.73 Å². The summed E-state index contributed by atoms with van der Waals surface area (Å²) in [6, 6.07) is 26.6. The van der Waals surface area contributed by atoms with E-state index in [1.54, 1.807) is 36.4 Å². The van der Waals surface area contributed by atoms with Crippen LogP contribution in [0.4, 0.5) is 22.7 Å². The van der Waals surface area contributed by atoms with E-state index in [4.69, 9.17) is 16.4 Å². The summed E-state index contributed by atoms with van der Waals surface area (Å²) in [6.45, 7) is 0. The van der Waals surface area contributed by atoms with Crippen molar-refractivity contribution in [1.82, 2.24) is 0 Å². The van der Waals surface area contributed by atoms with Crippen molar-refractivity contribution in [1.29, 1.82) is 0 Å². The van der Waals surface area contributed by atoms with Gasteiger partial charge in [-0.1, -0.05) is 36.4 Å². The number of halogens is 1. The molecule has 0 aliphatic carbocycles. The number of rotatable bonds is 6. The molecular formula is C24H21ClN4O8S2. The van der Waals surface area contributed by atoms with Crippen molar-refractivity contribution < 1.29 is 26.7 Å². The molecular weight excluding hydrogens is 572 g/mol. The largest absolute Gasteiger partial charge is 0.399 e. The number of nitro benzene ring substituents is 2. The third-order valence-electron chi connectivity index (χ3n) is 4.51. The standard InChI is InChI=1S/C12H10N2O4S.C6H5ClO2S.C6H6N2O2/c15-14(16)11-8-6-10(7-9-11)13-19(17,18)12-4-2-1-3-5-12;7-10(8,9)6-4-2-1-3-5-6;7-5-1-3-6(4-2-5)8(9)10/h1-9,13H;1-5H;1-4H,7H2. The van der Waals surface area contributed by atoms with E-state index < -0.39 is 28.9 Å². The van der Waals surface area contributed by atoms with E-state index in [9.17, 15) is 37.1 Å². The zero-order valence-corrected chi connectivity index (χ0v) is 22.2. The van der Waals surface area contributed by atoms with Crippen LogP contribution in [0, 0.1) is 20.2 Å².